The van der Waals surface area contributed by atoms with E-state index in [0.29, 0.717) is 0 Å². The predicted molar refractivity (Wildman–Crippen MR) is 42.7 cm³/mol. The first-order chi connectivity index (χ1) is 4.75. The molecule has 0 saturated heterocycles. The van der Waals surface area contributed by atoms with Crippen LogP contribution in [0.4, 0.5) is 0 Å². The van der Waals surface area contributed by atoms with E-state index >= 15 is 0 Å². The maximum Gasteiger partial charge on any atom is 0.109 e. The molecule has 0 bridgehead atoms. The smallest absolute Gasteiger partial charge is 0.109 e. The molecule has 0 N–H and O–H groups in total. The molecule has 0 radical (unpaired) electrons. The van der Waals surface area contributed by atoms with Gasteiger partial charge in [-0.25, -0.2) is 4.98 Å². The molecule has 10 heavy (non-hydrogen) atoms. The van der Waals surface area contributed by atoms with Crippen LogP contribution in [0, 0.1) is 13.8 Å². The van der Waals surface area contributed by atoms with Gasteiger partial charge in [-0.3, -0.25) is 0 Å². The van der Waals surface area contributed by atoms with Crippen molar-refractivity contribution in [2.24, 2.45) is 0 Å². The summed E-state index contributed by atoms with van der Waals surface area (Å²) < 4.78 is 2.06. The van der Waals surface area contributed by atoms with E-state index in [0.717, 1.165) is 5.82 Å². The van der Waals surface area contributed by atoms with Crippen molar-refractivity contribution in [2.45, 2.75) is 20.8 Å². The summed E-state index contributed by atoms with van der Waals surface area (Å²) in [6, 6.07) is 0. The van der Waals surface area contributed by atoms with E-state index in [4.69, 9.17) is 0 Å². The second-order valence-electron chi connectivity index (χ2n) is 2.30. The summed E-state index contributed by atoms with van der Waals surface area (Å²) in [5.41, 5.74) is 1.18. The molecule has 0 unspecified atom stereocenters. The van der Waals surface area contributed by atoms with Crippen molar-refractivity contribution in [1.29, 1.82) is 0 Å². The van der Waals surface area contributed by atoms with Crippen molar-refractivity contribution in [1.82, 2.24) is 9.55 Å². The van der Waals surface area contributed by atoms with Gasteiger partial charge in [0.2, 0.25) is 0 Å². The fourth-order valence-electron chi connectivity index (χ4n) is 0.941. The van der Waals surface area contributed by atoms with Gasteiger partial charge < -0.3 is 4.57 Å². The molecule has 0 fully saturated rings. The Morgan fingerprint density at radius 2 is 2.20 bits per heavy atom. The molecular weight excluding hydrogens is 124 g/mol. The first-order valence-corrected chi connectivity index (χ1v) is 3.39. The van der Waals surface area contributed by atoms with Crippen LogP contribution in [-0.4, -0.2) is 9.55 Å². The molecular formula is C8H12N2. The molecule has 1 heterocycles. The van der Waals surface area contributed by atoms with Gasteiger partial charge in [-0.1, -0.05) is 6.08 Å². The third-order valence-electron chi connectivity index (χ3n) is 1.46. The average molecular weight is 136 g/mol. The minimum Gasteiger partial charge on any atom is -0.308 e. The average Bonchev–Trinajstić information content (AvgIpc) is 2.20. The summed E-state index contributed by atoms with van der Waals surface area (Å²) >= 11 is 0. The lowest BCUT2D eigenvalue weighted by molar-refractivity contribution is 0.993. The highest BCUT2D eigenvalue weighted by atomic mass is 15.1. The van der Waals surface area contributed by atoms with Crippen molar-refractivity contribution >= 4 is 6.20 Å². The first-order valence-electron chi connectivity index (χ1n) is 3.39. The lowest BCUT2D eigenvalue weighted by Crippen LogP contribution is -1.91. The van der Waals surface area contributed by atoms with Gasteiger partial charge in [0.05, 0.1) is 0 Å². The Bertz CT molecular complexity index is 226. The number of rotatable bonds is 1. The Hall–Kier alpha value is -1.05. The molecule has 2 heteroatoms. The van der Waals surface area contributed by atoms with Gasteiger partial charge in [-0.2, -0.15) is 0 Å². The Morgan fingerprint density at radius 1 is 1.50 bits per heavy atom. The highest BCUT2D eigenvalue weighted by molar-refractivity contribution is 5.27. The molecule has 0 aliphatic carbocycles. The summed E-state index contributed by atoms with van der Waals surface area (Å²) in [7, 11) is 0. The summed E-state index contributed by atoms with van der Waals surface area (Å²) in [5.74, 6) is 1.04. The molecule has 0 spiro atoms. The molecule has 54 valence electrons. The van der Waals surface area contributed by atoms with Crippen molar-refractivity contribution < 1.29 is 0 Å². The van der Waals surface area contributed by atoms with E-state index in [1.807, 2.05) is 39.2 Å². The molecule has 0 aliphatic rings. The molecule has 0 aromatic carbocycles. The van der Waals surface area contributed by atoms with E-state index in [1.165, 1.54) is 5.69 Å². The van der Waals surface area contributed by atoms with E-state index in [-0.39, 0.29) is 0 Å². The quantitative estimate of drug-likeness (QED) is 0.577. The van der Waals surface area contributed by atoms with E-state index in [1.54, 1.807) is 0 Å². The van der Waals surface area contributed by atoms with Gasteiger partial charge in [0.25, 0.3) is 0 Å². The van der Waals surface area contributed by atoms with Crippen LogP contribution in [0.2, 0.25) is 0 Å². The lowest BCUT2D eigenvalue weighted by Gasteiger charge is -1.97. The van der Waals surface area contributed by atoms with Crippen LogP contribution in [0.25, 0.3) is 6.20 Å². The van der Waals surface area contributed by atoms with Crippen LogP contribution in [0.3, 0.4) is 0 Å². The van der Waals surface area contributed by atoms with E-state index in [9.17, 15) is 0 Å². The summed E-state index contributed by atoms with van der Waals surface area (Å²) in [6.45, 7) is 6.03. The highest BCUT2D eigenvalue weighted by Gasteiger charge is 1.95. The second kappa shape index (κ2) is 2.69. The Balaban J connectivity index is 3.10. The van der Waals surface area contributed by atoms with Crippen molar-refractivity contribution in [3.05, 3.63) is 23.8 Å². The third-order valence-corrected chi connectivity index (χ3v) is 1.46. The number of nitrogens with zero attached hydrogens (tertiary/aromatic N) is 2. The molecule has 1 rings (SSSR count). The van der Waals surface area contributed by atoms with Crippen molar-refractivity contribution in [3.63, 3.8) is 0 Å². The van der Waals surface area contributed by atoms with E-state index < -0.39 is 0 Å². The molecule has 1 aromatic rings. The Morgan fingerprint density at radius 3 is 2.60 bits per heavy atom. The topological polar surface area (TPSA) is 17.8 Å². The van der Waals surface area contributed by atoms with Crippen LogP contribution in [0.5, 0.6) is 0 Å². The third kappa shape index (κ3) is 1.10. The maximum absolute atomic E-state index is 4.15. The summed E-state index contributed by atoms with van der Waals surface area (Å²) in [6.07, 6.45) is 5.88. The minimum atomic E-state index is 1.04. The van der Waals surface area contributed by atoms with Crippen LogP contribution in [0.1, 0.15) is 18.4 Å². The summed E-state index contributed by atoms with van der Waals surface area (Å²) in [4.78, 5) is 4.15. The number of aromatic nitrogens is 2. The number of hydrogen-bond donors (Lipinski definition) is 0. The first kappa shape index (κ1) is 7.06. The molecule has 0 aliphatic heterocycles. The normalized spacial score (nSPS) is 11.1. The monoisotopic (exact) mass is 136 g/mol. The van der Waals surface area contributed by atoms with Crippen molar-refractivity contribution in [3.8, 4) is 0 Å². The fraction of sp³-hybridized carbons (Fsp3) is 0.375. The van der Waals surface area contributed by atoms with Gasteiger partial charge in [0.1, 0.15) is 5.82 Å². The van der Waals surface area contributed by atoms with Gasteiger partial charge in [-0.05, 0) is 20.8 Å². The zero-order chi connectivity index (χ0) is 7.56. The van der Waals surface area contributed by atoms with Gasteiger partial charge in [-0.15, -0.1) is 0 Å². The Labute approximate surface area is 61.2 Å². The maximum atomic E-state index is 4.15. The highest BCUT2D eigenvalue weighted by Crippen LogP contribution is 2.02. The van der Waals surface area contributed by atoms with E-state index in [2.05, 4.69) is 9.55 Å². The number of aryl methyl sites for hydroxylation is 2. The molecule has 1 aromatic heterocycles. The standard InChI is InChI=1S/C8H12N2/c1-4-5-10-7(2)6-9-8(10)3/h4-6H,1-3H3/b5-4-. The number of imidazole rings is 1. The second-order valence-corrected chi connectivity index (χ2v) is 2.30. The van der Waals surface area contributed by atoms with Crippen LogP contribution < -0.4 is 0 Å². The van der Waals surface area contributed by atoms with Crippen molar-refractivity contribution in [2.75, 3.05) is 0 Å². The van der Waals surface area contributed by atoms with Crippen LogP contribution in [0.15, 0.2) is 12.3 Å². The zero-order valence-corrected chi connectivity index (χ0v) is 6.63. The SMILES string of the molecule is C/C=C\n1c(C)cnc1C. The number of allylic oxidation sites excluding steroid dienone is 1. The zero-order valence-electron chi connectivity index (χ0n) is 6.63. The van der Waals surface area contributed by atoms with Crippen LogP contribution >= 0.6 is 0 Å². The van der Waals surface area contributed by atoms with Gasteiger partial charge >= 0.3 is 0 Å². The number of hydrogen-bond acceptors (Lipinski definition) is 1. The van der Waals surface area contributed by atoms with Crippen LogP contribution in [-0.2, 0) is 0 Å². The molecule has 0 atom stereocenters. The predicted octanol–water partition coefficient (Wildman–Crippen LogP) is 1.99. The van der Waals surface area contributed by atoms with Gasteiger partial charge in [0.15, 0.2) is 0 Å². The minimum absolute atomic E-state index is 1.04. The summed E-state index contributed by atoms with van der Waals surface area (Å²) in [5, 5.41) is 0. The largest absolute Gasteiger partial charge is 0.308 e. The Kier molecular flexibility index (Phi) is 1.90. The molecule has 0 amide bonds. The molecule has 2 nitrogen and oxygen atoms in total. The fourth-order valence-corrected chi connectivity index (χ4v) is 0.941. The molecule has 0 saturated carbocycles. The van der Waals surface area contributed by atoms with Gasteiger partial charge in [0, 0.05) is 18.1 Å². The lowest BCUT2D eigenvalue weighted by atomic mass is 10.5.